The van der Waals surface area contributed by atoms with Crippen molar-refractivity contribution in [3.05, 3.63) is 211 Å². The Bertz CT molecular complexity index is 3380. The van der Waals surface area contributed by atoms with Crippen molar-refractivity contribution in [2.75, 3.05) is 4.90 Å². The molecule has 4 nitrogen and oxygen atoms in total. The van der Waals surface area contributed by atoms with Gasteiger partial charge in [-0.15, -0.1) is 0 Å². The number of hydrogen-bond acceptors (Lipinski definition) is 1. The molecule has 10 aromatic rings. The minimum atomic E-state index is 0.256. The summed E-state index contributed by atoms with van der Waals surface area (Å²) >= 11 is 0. The van der Waals surface area contributed by atoms with Crippen LogP contribution < -0.4 is 4.90 Å². The van der Waals surface area contributed by atoms with Crippen molar-refractivity contribution in [1.82, 2.24) is 13.7 Å². The van der Waals surface area contributed by atoms with Crippen LogP contribution in [0.15, 0.2) is 194 Å². The Kier molecular flexibility index (Phi) is 6.65. The van der Waals surface area contributed by atoms with Crippen molar-refractivity contribution < 1.29 is 0 Å². The van der Waals surface area contributed by atoms with E-state index in [-0.39, 0.29) is 6.04 Å². The molecule has 0 spiro atoms. The van der Waals surface area contributed by atoms with Gasteiger partial charge in [0.1, 0.15) is 0 Å². The molecule has 3 aromatic heterocycles. The zero-order chi connectivity index (χ0) is 37.9. The van der Waals surface area contributed by atoms with E-state index < -0.39 is 0 Å². The lowest BCUT2D eigenvalue weighted by Gasteiger charge is -2.29. The van der Waals surface area contributed by atoms with Gasteiger partial charge in [0.15, 0.2) is 0 Å². The van der Waals surface area contributed by atoms with Crippen LogP contribution in [0.3, 0.4) is 0 Å². The van der Waals surface area contributed by atoms with Crippen LogP contribution in [-0.2, 0) is 6.42 Å². The van der Waals surface area contributed by atoms with Crippen molar-refractivity contribution in [1.29, 1.82) is 0 Å². The normalized spacial score (nSPS) is 17.1. The number of rotatable bonds is 4. The summed E-state index contributed by atoms with van der Waals surface area (Å²) in [4.78, 5) is 2.53. The standard InChI is InChI=1S/C54H38N4/c1-7-23-45-38(17-1)39-18-2-8-24-46(39)55(45)35-15-13-16-36(33-35)56-47-25-9-5-21-42(47)44-34-37(31-32-51(44)56)57-50-28-12-6-22-43(50)54-52(57)29-14-30-53(54)58-48-26-10-3-19-40(48)41-20-4-11-27-49(41)58/h1-13,15-28,30-34,38,45H,14,29H2. The molecular weight excluding hydrogens is 705 g/mol. The Morgan fingerprint density at radius 3 is 1.79 bits per heavy atom. The Morgan fingerprint density at radius 2 is 1.02 bits per heavy atom. The third-order valence-electron chi connectivity index (χ3n) is 13.0. The van der Waals surface area contributed by atoms with Gasteiger partial charge >= 0.3 is 0 Å². The van der Waals surface area contributed by atoms with Crippen molar-refractivity contribution in [3.63, 3.8) is 0 Å². The molecule has 1 aliphatic heterocycles. The molecule has 0 radical (unpaired) electrons. The van der Waals surface area contributed by atoms with Crippen LogP contribution in [0.5, 0.6) is 0 Å². The molecule has 2 unspecified atom stereocenters. The lowest BCUT2D eigenvalue weighted by molar-refractivity contribution is 0.744. The summed E-state index contributed by atoms with van der Waals surface area (Å²) in [6, 6.07) is 61.0. The summed E-state index contributed by atoms with van der Waals surface area (Å²) in [5.74, 6) is 0.348. The van der Waals surface area contributed by atoms with Crippen LogP contribution in [-0.4, -0.2) is 19.7 Å². The van der Waals surface area contributed by atoms with Gasteiger partial charge < -0.3 is 18.6 Å². The highest BCUT2D eigenvalue weighted by Crippen LogP contribution is 2.48. The molecule has 0 N–H and O–H groups in total. The van der Waals surface area contributed by atoms with Crippen molar-refractivity contribution in [2.24, 2.45) is 0 Å². The zero-order valence-electron chi connectivity index (χ0n) is 31.8. The Morgan fingerprint density at radius 1 is 0.431 bits per heavy atom. The first-order chi connectivity index (χ1) is 28.8. The van der Waals surface area contributed by atoms with Gasteiger partial charge in [0.05, 0.1) is 39.3 Å². The van der Waals surface area contributed by atoms with Crippen LogP contribution in [0.4, 0.5) is 11.4 Å². The van der Waals surface area contributed by atoms with E-state index in [1.807, 2.05) is 0 Å². The number of hydrogen-bond donors (Lipinski definition) is 0. The largest absolute Gasteiger partial charge is 0.333 e. The van der Waals surface area contributed by atoms with E-state index in [1.54, 1.807) is 0 Å². The maximum absolute atomic E-state index is 2.55. The maximum atomic E-state index is 2.55. The van der Waals surface area contributed by atoms with E-state index in [4.69, 9.17) is 0 Å². The van der Waals surface area contributed by atoms with Gasteiger partial charge in [-0.25, -0.2) is 0 Å². The van der Waals surface area contributed by atoms with E-state index in [0.29, 0.717) is 5.92 Å². The number of benzene rings is 7. The van der Waals surface area contributed by atoms with E-state index in [0.717, 1.165) is 18.5 Å². The van der Waals surface area contributed by atoms with Crippen LogP contribution in [0.1, 0.15) is 29.2 Å². The molecule has 2 atom stereocenters. The van der Waals surface area contributed by atoms with Crippen LogP contribution in [0, 0.1) is 0 Å². The number of fused-ring (bicyclic) bond motifs is 12. The second-order valence-corrected chi connectivity index (χ2v) is 16.0. The monoisotopic (exact) mass is 742 g/mol. The number of nitrogens with zero attached hydrogens (tertiary/aromatic N) is 4. The molecule has 0 saturated heterocycles. The van der Waals surface area contributed by atoms with Crippen molar-refractivity contribution >= 4 is 71.6 Å². The molecule has 0 amide bonds. The summed E-state index contributed by atoms with van der Waals surface area (Å²) in [6.45, 7) is 0. The van der Waals surface area contributed by atoms with E-state index in [2.05, 4.69) is 213 Å². The molecule has 7 aromatic carbocycles. The quantitative estimate of drug-likeness (QED) is 0.176. The fraction of sp³-hybridized carbons (Fsp3) is 0.0741. The number of aromatic nitrogens is 3. The van der Waals surface area contributed by atoms with Gasteiger partial charge in [-0.2, -0.15) is 0 Å². The molecule has 58 heavy (non-hydrogen) atoms. The fourth-order valence-corrected chi connectivity index (χ4v) is 10.7. The molecule has 274 valence electrons. The smallest absolute Gasteiger partial charge is 0.0629 e. The number of para-hydroxylation sites is 5. The average Bonchev–Trinajstić information content (AvgIpc) is 4.01. The number of allylic oxidation sites excluding steroid dienone is 3. The van der Waals surface area contributed by atoms with Gasteiger partial charge in [0.25, 0.3) is 0 Å². The van der Waals surface area contributed by atoms with Crippen LogP contribution >= 0.6 is 0 Å². The first-order valence-electron chi connectivity index (χ1n) is 20.5. The predicted molar refractivity (Wildman–Crippen MR) is 242 cm³/mol. The molecule has 2 aliphatic carbocycles. The summed E-state index contributed by atoms with van der Waals surface area (Å²) in [5, 5.41) is 6.39. The highest BCUT2D eigenvalue weighted by Gasteiger charge is 2.37. The minimum Gasteiger partial charge on any atom is -0.333 e. The lowest BCUT2D eigenvalue weighted by Crippen LogP contribution is -2.28. The molecule has 0 bridgehead atoms. The first-order valence-corrected chi connectivity index (χ1v) is 20.5. The zero-order valence-corrected chi connectivity index (χ0v) is 31.8. The Balaban J connectivity index is 0.989. The third kappa shape index (κ3) is 4.34. The minimum absolute atomic E-state index is 0.256. The fourth-order valence-electron chi connectivity index (χ4n) is 10.7. The average molecular weight is 743 g/mol. The molecule has 4 heteroatoms. The summed E-state index contributed by atoms with van der Waals surface area (Å²) in [7, 11) is 0. The van der Waals surface area contributed by atoms with Crippen molar-refractivity contribution in [3.8, 4) is 11.4 Å². The summed E-state index contributed by atoms with van der Waals surface area (Å²) in [6.07, 6.45) is 13.5. The first kappa shape index (κ1) is 31.9. The molecular formula is C54H38N4. The molecule has 4 heterocycles. The van der Waals surface area contributed by atoms with E-state index in [9.17, 15) is 0 Å². The number of anilines is 2. The molecule has 13 rings (SSSR count). The Labute approximate surface area is 336 Å². The summed E-state index contributed by atoms with van der Waals surface area (Å²) in [5.41, 5.74) is 16.4. The third-order valence-corrected chi connectivity index (χ3v) is 13.0. The van der Waals surface area contributed by atoms with Gasteiger partial charge in [-0.1, -0.05) is 127 Å². The van der Waals surface area contributed by atoms with Gasteiger partial charge in [0, 0.05) is 66.9 Å². The predicted octanol–water partition coefficient (Wildman–Crippen LogP) is 13.4. The van der Waals surface area contributed by atoms with Crippen LogP contribution in [0.2, 0.25) is 0 Å². The summed E-state index contributed by atoms with van der Waals surface area (Å²) < 4.78 is 7.51. The van der Waals surface area contributed by atoms with E-state index in [1.165, 1.54) is 94.1 Å². The Hall–Kier alpha value is -7.30. The molecule has 0 saturated carbocycles. The van der Waals surface area contributed by atoms with Gasteiger partial charge in [0.2, 0.25) is 0 Å². The maximum Gasteiger partial charge on any atom is 0.0629 e. The highest BCUT2D eigenvalue weighted by atomic mass is 15.2. The molecule has 3 aliphatic rings. The topological polar surface area (TPSA) is 18.0 Å². The van der Waals surface area contributed by atoms with Crippen molar-refractivity contribution in [2.45, 2.75) is 24.8 Å². The molecule has 0 fully saturated rings. The highest BCUT2D eigenvalue weighted by molar-refractivity contribution is 6.13. The van der Waals surface area contributed by atoms with E-state index >= 15 is 0 Å². The van der Waals surface area contributed by atoms with Gasteiger partial charge in [-0.05, 0) is 85.1 Å². The van der Waals surface area contributed by atoms with Crippen LogP contribution in [0.25, 0.3) is 71.6 Å². The SMILES string of the molecule is C1=CC2c3ccccc3N(c3cccc(-n4c5ccccc5c5cc(-n6c7c(c8ccccc86)C(n6c8ccccc8c8ccccc86)=CCC7)ccc54)c3)C2C=C1. The second kappa shape index (κ2) is 12.1. The lowest BCUT2D eigenvalue weighted by atomic mass is 9.91. The second-order valence-electron chi connectivity index (χ2n) is 16.0. The van der Waals surface area contributed by atoms with Gasteiger partial charge in [-0.3, -0.25) is 0 Å².